The molecule has 0 aromatic heterocycles. The molecule has 0 spiro atoms. The average molecular weight is 945 g/mol. The first kappa shape index (κ1) is 48.7. The van der Waals surface area contributed by atoms with Crippen LogP contribution in [0.1, 0.15) is 56.8 Å². The molecule has 0 fully saturated rings. The van der Waals surface area contributed by atoms with Crippen LogP contribution in [-0.4, -0.2) is 59.0 Å². The Morgan fingerprint density at radius 3 is 1.22 bits per heavy atom. The molecule has 5 aromatic carbocycles. The van der Waals surface area contributed by atoms with Crippen molar-refractivity contribution in [3.63, 3.8) is 0 Å². The van der Waals surface area contributed by atoms with Gasteiger partial charge in [-0.15, -0.1) is 23.2 Å². The minimum absolute atomic E-state index is 0.0397. The average Bonchev–Trinajstić information content (AvgIpc) is 3.25. The molecule has 0 aliphatic heterocycles. The highest BCUT2D eigenvalue weighted by Gasteiger charge is 2.27. The Bertz CT molecular complexity index is 2460. The molecule has 0 saturated carbocycles. The number of azo groups is 2. The summed E-state index contributed by atoms with van der Waals surface area (Å²) in [7, 11) is 0. The third kappa shape index (κ3) is 12.9. The van der Waals surface area contributed by atoms with Crippen LogP contribution in [-0.2, 0) is 32.0 Å². The molecule has 330 valence electrons. The second-order valence-electron chi connectivity index (χ2n) is 14.4. The van der Waals surface area contributed by atoms with E-state index in [1.807, 2.05) is 24.3 Å². The van der Waals surface area contributed by atoms with Crippen LogP contribution < -0.4 is 21.3 Å². The monoisotopic (exact) mass is 942 g/mol. The van der Waals surface area contributed by atoms with Gasteiger partial charge >= 0.3 is 0 Å². The lowest BCUT2D eigenvalue weighted by atomic mass is 10.1. The number of carbonyl (C=O) groups is 6. The smallest absolute Gasteiger partial charge is 0.258 e. The Morgan fingerprint density at radius 2 is 0.891 bits per heavy atom. The molecule has 4 N–H and O–H groups in total. The summed E-state index contributed by atoms with van der Waals surface area (Å²) < 4.78 is 0. The van der Waals surface area contributed by atoms with Crippen LogP contribution in [0.5, 0.6) is 0 Å². The molecule has 2 unspecified atom stereocenters. The molecule has 64 heavy (non-hydrogen) atoms. The van der Waals surface area contributed by atoms with Gasteiger partial charge in [-0.3, -0.25) is 28.8 Å². The van der Waals surface area contributed by atoms with E-state index in [2.05, 4.69) is 41.7 Å². The van der Waals surface area contributed by atoms with Gasteiger partial charge in [0.1, 0.15) is 11.4 Å². The number of anilines is 4. The summed E-state index contributed by atoms with van der Waals surface area (Å²) in [6, 6.07) is 23.4. The van der Waals surface area contributed by atoms with Gasteiger partial charge in [0.2, 0.25) is 12.1 Å². The fourth-order valence-electron chi connectivity index (χ4n) is 6.03. The van der Waals surface area contributed by atoms with E-state index < -0.39 is 47.3 Å². The van der Waals surface area contributed by atoms with E-state index in [1.165, 1.54) is 38.1 Å². The molecule has 5 aromatic rings. The van der Waals surface area contributed by atoms with Crippen molar-refractivity contribution in [3.8, 4) is 0 Å². The van der Waals surface area contributed by atoms with Gasteiger partial charge in [-0.2, -0.15) is 20.5 Å². The van der Waals surface area contributed by atoms with Gasteiger partial charge in [-0.25, -0.2) is 0 Å². The lowest BCUT2D eigenvalue weighted by molar-refractivity contribution is -0.127. The summed E-state index contributed by atoms with van der Waals surface area (Å²) in [5.41, 5.74) is 5.00. The maximum Gasteiger partial charge on any atom is 0.258 e. The first-order chi connectivity index (χ1) is 30.6. The molecule has 4 amide bonds. The van der Waals surface area contributed by atoms with Crippen molar-refractivity contribution in [1.29, 1.82) is 0 Å². The Hall–Kier alpha value is -6.32. The van der Waals surface area contributed by atoms with Crippen LogP contribution in [0.4, 0.5) is 34.1 Å². The maximum absolute atomic E-state index is 13.4. The number of hydrogen-bond acceptors (Lipinski definition) is 10. The number of carbonyl (C=O) groups excluding carboxylic acids is 6. The van der Waals surface area contributed by atoms with Gasteiger partial charge in [0.05, 0.1) is 21.2 Å². The fraction of sp³-hybridized carbons (Fsp3) is 0.217. The largest absolute Gasteiger partial charge is 0.324 e. The number of nitrogens with one attached hydrogen (secondary N) is 4. The molecule has 5 rings (SSSR count). The summed E-state index contributed by atoms with van der Waals surface area (Å²) in [4.78, 5) is 78.3. The van der Waals surface area contributed by atoms with Crippen molar-refractivity contribution < 1.29 is 28.8 Å². The standard InChI is InChI=1S/C46H42Cl4N8O6/c1-25-23-38(54-46(64)42(28(4)60)58-56-36-10-6-8-34(40(36)50)44(62)52-32-17-13-30(14-18-32)20-22-48)26(2)24-37(25)53-45(63)41(27(3)59)57-55-35-9-5-7-33(39(35)49)43(61)51-31-15-11-29(12-16-31)19-21-47/h5-18,23-24,41-42H,19-22H2,1-4H3,(H,51,61)(H,52,62)(H,53,63)(H,54,64). The number of Topliss-reactive ketones (excluding diaryl/α,β-unsaturated/α-hetero) is 2. The number of nitrogens with zero attached hydrogens (tertiary/aromatic N) is 4. The molecule has 0 saturated heterocycles. The summed E-state index contributed by atoms with van der Waals surface area (Å²) in [6.45, 7) is 5.67. The summed E-state index contributed by atoms with van der Waals surface area (Å²) in [5.74, 6) is -2.90. The number of hydrogen-bond donors (Lipinski definition) is 4. The highest BCUT2D eigenvalue weighted by molar-refractivity contribution is 6.37. The van der Waals surface area contributed by atoms with Gasteiger partial charge < -0.3 is 21.3 Å². The summed E-state index contributed by atoms with van der Waals surface area (Å²) >= 11 is 24.7. The van der Waals surface area contributed by atoms with Gasteiger partial charge in [-0.1, -0.05) is 59.6 Å². The normalized spacial score (nSPS) is 12.1. The zero-order valence-corrected chi connectivity index (χ0v) is 38.0. The van der Waals surface area contributed by atoms with Crippen molar-refractivity contribution in [3.05, 3.63) is 140 Å². The second-order valence-corrected chi connectivity index (χ2v) is 15.9. The van der Waals surface area contributed by atoms with Crippen molar-refractivity contribution in [1.82, 2.24) is 0 Å². The Morgan fingerprint density at radius 1 is 0.531 bits per heavy atom. The molecule has 0 aliphatic carbocycles. The third-order valence-corrected chi connectivity index (χ3v) is 10.7. The molecular formula is C46H42Cl4N8O6. The minimum atomic E-state index is -1.58. The second kappa shape index (κ2) is 22.9. The van der Waals surface area contributed by atoms with Crippen molar-refractivity contribution in [2.75, 3.05) is 33.0 Å². The lowest BCUT2D eigenvalue weighted by Gasteiger charge is -2.16. The van der Waals surface area contributed by atoms with Crippen LogP contribution >= 0.6 is 46.4 Å². The van der Waals surface area contributed by atoms with Gasteiger partial charge in [0.25, 0.3) is 23.6 Å². The van der Waals surface area contributed by atoms with Crippen LogP contribution in [0.25, 0.3) is 0 Å². The zero-order chi connectivity index (χ0) is 46.5. The number of ketones is 2. The zero-order valence-electron chi connectivity index (χ0n) is 35.0. The van der Waals surface area contributed by atoms with Crippen LogP contribution in [0.2, 0.25) is 10.0 Å². The van der Waals surface area contributed by atoms with Crippen molar-refractivity contribution in [2.24, 2.45) is 20.5 Å². The maximum atomic E-state index is 13.4. The van der Waals surface area contributed by atoms with Gasteiger partial charge in [0.15, 0.2) is 11.6 Å². The SMILES string of the molecule is CC(=O)C(N=Nc1cccc(C(=O)Nc2ccc(CCCl)cc2)c1Cl)C(=O)Nc1cc(C)c(NC(=O)C(N=Nc2cccc(C(=O)Nc3ccc(CCCl)cc3)c2Cl)C(C)=O)cc1C. The highest BCUT2D eigenvalue weighted by atomic mass is 35.5. The number of rotatable bonds is 18. The van der Waals surface area contributed by atoms with Crippen molar-refractivity contribution >= 4 is 116 Å². The van der Waals surface area contributed by atoms with Crippen LogP contribution in [0.3, 0.4) is 0 Å². The summed E-state index contributed by atoms with van der Waals surface area (Å²) in [5, 5.41) is 26.9. The summed E-state index contributed by atoms with van der Waals surface area (Å²) in [6.07, 6.45) is 1.37. The van der Waals surface area contributed by atoms with E-state index in [1.54, 1.807) is 62.4 Å². The fourth-order valence-corrected chi connectivity index (χ4v) is 6.97. The molecular weight excluding hydrogens is 902 g/mol. The molecule has 18 heteroatoms. The minimum Gasteiger partial charge on any atom is -0.324 e. The van der Waals surface area contributed by atoms with E-state index in [0.717, 1.165) is 11.1 Å². The molecule has 0 radical (unpaired) electrons. The topological polar surface area (TPSA) is 200 Å². The van der Waals surface area contributed by atoms with E-state index in [-0.39, 0.29) is 32.5 Å². The Balaban J connectivity index is 1.24. The Kier molecular flexibility index (Phi) is 17.4. The van der Waals surface area contributed by atoms with E-state index >= 15 is 0 Å². The third-order valence-electron chi connectivity index (χ3n) is 9.55. The van der Waals surface area contributed by atoms with Crippen molar-refractivity contribution in [2.45, 2.75) is 52.6 Å². The number of aryl methyl sites for hydroxylation is 4. The number of amides is 4. The molecule has 0 aliphatic rings. The lowest BCUT2D eigenvalue weighted by Crippen LogP contribution is -2.32. The predicted molar refractivity (Wildman–Crippen MR) is 252 cm³/mol. The number of halogens is 4. The van der Waals surface area contributed by atoms with Gasteiger partial charge in [-0.05, 0) is 123 Å². The van der Waals surface area contributed by atoms with Gasteiger partial charge in [0, 0.05) is 34.5 Å². The van der Waals surface area contributed by atoms with E-state index in [9.17, 15) is 28.8 Å². The first-order valence-electron chi connectivity index (χ1n) is 19.6. The Labute approximate surface area is 389 Å². The first-order valence-corrected chi connectivity index (χ1v) is 21.5. The van der Waals surface area contributed by atoms with E-state index in [4.69, 9.17) is 46.4 Å². The quantitative estimate of drug-likeness (QED) is 0.0382. The molecule has 0 bridgehead atoms. The molecule has 14 nitrogen and oxygen atoms in total. The number of benzene rings is 5. The van der Waals surface area contributed by atoms with Crippen LogP contribution in [0.15, 0.2) is 118 Å². The van der Waals surface area contributed by atoms with Crippen LogP contribution in [0, 0.1) is 13.8 Å². The molecule has 0 heterocycles. The predicted octanol–water partition coefficient (Wildman–Crippen LogP) is 11.0. The highest BCUT2D eigenvalue weighted by Crippen LogP contribution is 2.32. The number of alkyl halides is 2. The molecule has 2 atom stereocenters. The van der Waals surface area contributed by atoms with E-state index in [0.29, 0.717) is 58.5 Å².